The quantitative estimate of drug-likeness (QED) is 0.695. The van der Waals surface area contributed by atoms with E-state index >= 15 is 0 Å². The van der Waals surface area contributed by atoms with Gasteiger partial charge in [-0.05, 0) is 66.1 Å². The van der Waals surface area contributed by atoms with Gasteiger partial charge < -0.3 is 10.6 Å². The first-order chi connectivity index (χ1) is 13.3. The van der Waals surface area contributed by atoms with Crippen LogP contribution in [0.25, 0.3) is 0 Å². The van der Waals surface area contributed by atoms with Gasteiger partial charge in [-0.3, -0.25) is 9.59 Å². The lowest BCUT2D eigenvalue weighted by molar-refractivity contribution is -0.117. The summed E-state index contributed by atoms with van der Waals surface area (Å²) in [5.74, 6) is 0.462. The Kier molecular flexibility index (Phi) is 6.18. The van der Waals surface area contributed by atoms with Crippen molar-refractivity contribution in [1.29, 1.82) is 0 Å². The van der Waals surface area contributed by atoms with Gasteiger partial charge in [-0.2, -0.15) is 0 Å². The van der Waals surface area contributed by atoms with E-state index in [1.807, 2.05) is 48.5 Å². The van der Waals surface area contributed by atoms with Gasteiger partial charge in [-0.15, -0.1) is 0 Å². The molecular formula is C24H30N2O2. The predicted molar refractivity (Wildman–Crippen MR) is 115 cm³/mol. The summed E-state index contributed by atoms with van der Waals surface area (Å²) in [5, 5.41) is 5.85. The van der Waals surface area contributed by atoms with Gasteiger partial charge in [0, 0.05) is 23.4 Å². The third-order valence-electron chi connectivity index (χ3n) is 5.39. The van der Waals surface area contributed by atoms with Crippen LogP contribution in [0.5, 0.6) is 0 Å². The molecule has 0 spiro atoms. The minimum Gasteiger partial charge on any atom is -0.326 e. The van der Waals surface area contributed by atoms with Gasteiger partial charge in [-0.1, -0.05) is 45.7 Å². The lowest BCUT2D eigenvalue weighted by atomic mass is 9.87. The van der Waals surface area contributed by atoms with E-state index in [1.54, 1.807) is 0 Å². The van der Waals surface area contributed by atoms with Crippen LogP contribution in [0.1, 0.15) is 68.8 Å². The van der Waals surface area contributed by atoms with Gasteiger partial charge in [0.25, 0.3) is 5.91 Å². The van der Waals surface area contributed by atoms with Crippen LogP contribution >= 0.6 is 0 Å². The maximum absolute atomic E-state index is 12.5. The van der Waals surface area contributed by atoms with E-state index in [4.69, 9.17) is 0 Å². The molecule has 0 atom stereocenters. The Morgan fingerprint density at radius 3 is 1.93 bits per heavy atom. The van der Waals surface area contributed by atoms with Crippen molar-refractivity contribution in [3.63, 3.8) is 0 Å². The number of carbonyl (C=O) groups excluding carboxylic acids is 2. The highest BCUT2D eigenvalue weighted by molar-refractivity contribution is 6.04. The Hall–Kier alpha value is -2.62. The molecule has 148 valence electrons. The number of anilines is 2. The molecule has 2 aromatic carbocycles. The van der Waals surface area contributed by atoms with Crippen molar-refractivity contribution < 1.29 is 9.59 Å². The van der Waals surface area contributed by atoms with Gasteiger partial charge >= 0.3 is 0 Å². The van der Waals surface area contributed by atoms with E-state index < -0.39 is 0 Å². The summed E-state index contributed by atoms with van der Waals surface area (Å²) < 4.78 is 0. The van der Waals surface area contributed by atoms with E-state index in [9.17, 15) is 9.59 Å². The normalized spacial score (nSPS) is 14.7. The monoisotopic (exact) mass is 378 g/mol. The van der Waals surface area contributed by atoms with Crippen LogP contribution in [0.3, 0.4) is 0 Å². The molecular weight excluding hydrogens is 348 g/mol. The summed E-state index contributed by atoms with van der Waals surface area (Å²) in [7, 11) is 0. The summed E-state index contributed by atoms with van der Waals surface area (Å²) in [6.45, 7) is 6.45. The second kappa shape index (κ2) is 8.59. The number of carbonyl (C=O) groups is 2. The molecule has 2 amide bonds. The van der Waals surface area contributed by atoms with Gasteiger partial charge in [0.2, 0.25) is 5.91 Å². The minimum atomic E-state index is -0.140. The molecule has 0 aromatic heterocycles. The molecule has 4 heteroatoms. The molecule has 0 unspecified atom stereocenters. The number of rotatable bonds is 5. The number of amides is 2. The van der Waals surface area contributed by atoms with E-state index in [2.05, 4.69) is 31.4 Å². The highest BCUT2D eigenvalue weighted by atomic mass is 16.2. The van der Waals surface area contributed by atoms with Gasteiger partial charge in [0.05, 0.1) is 0 Å². The van der Waals surface area contributed by atoms with Crippen molar-refractivity contribution in [1.82, 2.24) is 0 Å². The fourth-order valence-electron chi connectivity index (χ4n) is 3.65. The Morgan fingerprint density at radius 2 is 1.39 bits per heavy atom. The largest absolute Gasteiger partial charge is 0.326 e. The molecule has 1 saturated carbocycles. The topological polar surface area (TPSA) is 58.2 Å². The molecule has 0 heterocycles. The van der Waals surface area contributed by atoms with Crippen LogP contribution in [0.4, 0.5) is 11.4 Å². The molecule has 4 nitrogen and oxygen atoms in total. The van der Waals surface area contributed by atoms with Crippen LogP contribution in [0.15, 0.2) is 48.5 Å². The zero-order valence-corrected chi connectivity index (χ0v) is 17.0. The molecule has 0 saturated heterocycles. The molecule has 1 aliphatic rings. The van der Waals surface area contributed by atoms with E-state index in [0.717, 1.165) is 18.5 Å². The van der Waals surface area contributed by atoms with Crippen molar-refractivity contribution >= 4 is 23.2 Å². The smallest absolute Gasteiger partial charge is 0.255 e. The minimum absolute atomic E-state index is 0.0625. The van der Waals surface area contributed by atoms with Crippen LogP contribution in [-0.2, 0) is 10.2 Å². The SMILES string of the molecule is CC(C)(C)c1ccc(C(=O)Nc2ccc(NC(=O)CC3CCCC3)cc2)cc1. The Labute approximate surface area is 167 Å². The Bertz CT molecular complexity index is 811. The van der Waals surface area contributed by atoms with Gasteiger partial charge in [0.1, 0.15) is 0 Å². The molecule has 0 bridgehead atoms. The third kappa shape index (κ3) is 5.44. The second-order valence-corrected chi connectivity index (χ2v) is 8.76. The summed E-state index contributed by atoms with van der Waals surface area (Å²) in [6, 6.07) is 15.0. The van der Waals surface area contributed by atoms with Crippen molar-refractivity contribution in [3.05, 3.63) is 59.7 Å². The first-order valence-corrected chi connectivity index (χ1v) is 10.1. The van der Waals surface area contributed by atoms with Crippen molar-refractivity contribution in [2.75, 3.05) is 10.6 Å². The molecule has 1 aliphatic carbocycles. The summed E-state index contributed by atoms with van der Waals surface area (Å²) in [6.07, 6.45) is 5.41. The molecule has 1 fully saturated rings. The van der Waals surface area contributed by atoms with Crippen LogP contribution < -0.4 is 10.6 Å². The Morgan fingerprint density at radius 1 is 0.857 bits per heavy atom. The van der Waals surface area contributed by atoms with E-state index in [-0.39, 0.29) is 17.2 Å². The first kappa shape index (κ1) is 20.1. The summed E-state index contributed by atoms with van der Waals surface area (Å²) in [4.78, 5) is 24.6. The molecule has 3 rings (SSSR count). The van der Waals surface area contributed by atoms with E-state index in [1.165, 1.54) is 18.4 Å². The first-order valence-electron chi connectivity index (χ1n) is 10.1. The van der Waals surface area contributed by atoms with Crippen molar-refractivity contribution in [2.45, 2.75) is 58.3 Å². The maximum atomic E-state index is 12.5. The lowest BCUT2D eigenvalue weighted by Gasteiger charge is -2.19. The predicted octanol–water partition coefficient (Wildman–Crippen LogP) is 5.76. The molecule has 2 aromatic rings. The fourth-order valence-corrected chi connectivity index (χ4v) is 3.65. The third-order valence-corrected chi connectivity index (χ3v) is 5.39. The zero-order chi connectivity index (χ0) is 20.1. The number of hydrogen-bond donors (Lipinski definition) is 2. The molecule has 0 radical (unpaired) electrons. The zero-order valence-electron chi connectivity index (χ0n) is 17.0. The molecule has 2 N–H and O–H groups in total. The van der Waals surface area contributed by atoms with E-state index in [0.29, 0.717) is 23.6 Å². The van der Waals surface area contributed by atoms with Crippen LogP contribution in [0, 0.1) is 5.92 Å². The standard InChI is InChI=1S/C24H30N2O2/c1-24(2,3)19-10-8-18(9-11-19)23(28)26-21-14-12-20(13-15-21)25-22(27)16-17-6-4-5-7-17/h8-15,17H,4-7,16H2,1-3H3,(H,25,27)(H,26,28). The molecule has 28 heavy (non-hydrogen) atoms. The van der Waals surface area contributed by atoms with Crippen molar-refractivity contribution in [2.24, 2.45) is 5.92 Å². The average molecular weight is 379 g/mol. The van der Waals surface area contributed by atoms with Crippen molar-refractivity contribution in [3.8, 4) is 0 Å². The maximum Gasteiger partial charge on any atom is 0.255 e. The summed E-state index contributed by atoms with van der Waals surface area (Å²) >= 11 is 0. The van der Waals surface area contributed by atoms with Gasteiger partial charge in [-0.25, -0.2) is 0 Å². The summed E-state index contributed by atoms with van der Waals surface area (Å²) in [5.41, 5.74) is 3.35. The number of benzene rings is 2. The molecule has 0 aliphatic heterocycles. The van der Waals surface area contributed by atoms with Gasteiger partial charge in [0.15, 0.2) is 0 Å². The fraction of sp³-hybridized carbons (Fsp3) is 0.417. The lowest BCUT2D eigenvalue weighted by Crippen LogP contribution is -2.15. The second-order valence-electron chi connectivity index (χ2n) is 8.76. The van der Waals surface area contributed by atoms with Crippen LogP contribution in [0.2, 0.25) is 0 Å². The highest BCUT2D eigenvalue weighted by Crippen LogP contribution is 2.28. The number of hydrogen-bond acceptors (Lipinski definition) is 2. The van der Waals surface area contributed by atoms with Crippen LogP contribution in [-0.4, -0.2) is 11.8 Å². The number of nitrogens with one attached hydrogen (secondary N) is 2. The average Bonchev–Trinajstić information content (AvgIpc) is 3.15. The Balaban J connectivity index is 1.54. The highest BCUT2D eigenvalue weighted by Gasteiger charge is 2.18.